The van der Waals surface area contributed by atoms with Gasteiger partial charge >= 0.3 is 0 Å². The summed E-state index contributed by atoms with van der Waals surface area (Å²) >= 11 is 0. The van der Waals surface area contributed by atoms with Gasteiger partial charge in [0.2, 0.25) is 5.91 Å². The lowest BCUT2D eigenvalue weighted by atomic mass is 9.93. The first-order chi connectivity index (χ1) is 10.2. The van der Waals surface area contributed by atoms with Crippen LogP contribution in [-0.4, -0.2) is 30.2 Å². The molecule has 0 radical (unpaired) electrons. The Morgan fingerprint density at radius 2 is 2.29 bits per heavy atom. The lowest BCUT2D eigenvalue weighted by Crippen LogP contribution is -2.34. The zero-order valence-corrected chi connectivity index (χ0v) is 12.4. The van der Waals surface area contributed by atoms with Crippen molar-refractivity contribution in [2.75, 3.05) is 13.1 Å². The van der Waals surface area contributed by atoms with E-state index in [4.69, 9.17) is 0 Å². The molecule has 2 aliphatic rings. The number of aliphatic hydroxyl groups excluding tert-OH is 1. The third-order valence-electron chi connectivity index (χ3n) is 4.77. The molecule has 1 aliphatic carbocycles. The molecule has 1 aromatic carbocycles. The van der Waals surface area contributed by atoms with Crippen LogP contribution in [-0.2, 0) is 24.2 Å². The number of rotatable bonds is 4. The van der Waals surface area contributed by atoms with Gasteiger partial charge in [-0.05, 0) is 42.5 Å². The molecule has 1 aliphatic heterocycles. The first-order valence-corrected chi connectivity index (χ1v) is 7.99. The van der Waals surface area contributed by atoms with Crippen molar-refractivity contribution in [1.29, 1.82) is 0 Å². The molecule has 4 heteroatoms. The fraction of sp³-hybridized carbons (Fsp3) is 0.588. The van der Waals surface area contributed by atoms with Gasteiger partial charge in [-0.25, -0.2) is 0 Å². The van der Waals surface area contributed by atoms with Gasteiger partial charge < -0.3 is 15.7 Å². The van der Waals surface area contributed by atoms with E-state index in [9.17, 15) is 9.90 Å². The number of nitrogens with one attached hydrogen (secondary N) is 2. The Bertz CT molecular complexity index is 516. The standard InChI is InChI=1S/C17H24N2O2/c20-16-6-2-5-14(16)11-19-17(21)9-12-3-1-4-13-10-18-8-7-15(12)13/h1,3-4,14,16,18,20H,2,5-11H2,(H,19,21). The summed E-state index contributed by atoms with van der Waals surface area (Å²) in [7, 11) is 0. The van der Waals surface area contributed by atoms with Gasteiger partial charge in [0, 0.05) is 19.0 Å². The average Bonchev–Trinajstić information content (AvgIpc) is 2.91. The maximum absolute atomic E-state index is 12.2. The second-order valence-corrected chi connectivity index (χ2v) is 6.22. The van der Waals surface area contributed by atoms with E-state index in [0.29, 0.717) is 13.0 Å². The molecule has 1 fully saturated rings. The fourth-order valence-corrected chi connectivity index (χ4v) is 3.51. The van der Waals surface area contributed by atoms with Gasteiger partial charge in [-0.1, -0.05) is 24.6 Å². The molecule has 0 saturated heterocycles. The maximum Gasteiger partial charge on any atom is 0.224 e. The van der Waals surface area contributed by atoms with Crippen LogP contribution >= 0.6 is 0 Å². The third kappa shape index (κ3) is 3.44. The molecular weight excluding hydrogens is 264 g/mol. The van der Waals surface area contributed by atoms with Crippen molar-refractivity contribution in [3.63, 3.8) is 0 Å². The number of amides is 1. The van der Waals surface area contributed by atoms with E-state index in [1.165, 1.54) is 11.1 Å². The smallest absolute Gasteiger partial charge is 0.224 e. The quantitative estimate of drug-likeness (QED) is 0.779. The minimum absolute atomic E-state index is 0.0704. The number of aliphatic hydroxyl groups is 1. The molecule has 0 aromatic heterocycles. The Kier molecular flexibility index (Phi) is 4.56. The molecule has 4 nitrogen and oxygen atoms in total. The van der Waals surface area contributed by atoms with Gasteiger partial charge in [0.1, 0.15) is 0 Å². The summed E-state index contributed by atoms with van der Waals surface area (Å²) in [6.45, 7) is 2.50. The minimum atomic E-state index is -0.235. The highest BCUT2D eigenvalue weighted by Crippen LogP contribution is 2.24. The molecule has 0 spiro atoms. The molecule has 1 aromatic rings. The number of benzene rings is 1. The van der Waals surface area contributed by atoms with Crippen molar-refractivity contribution in [3.8, 4) is 0 Å². The molecule has 0 bridgehead atoms. The largest absolute Gasteiger partial charge is 0.393 e. The average molecular weight is 288 g/mol. The van der Waals surface area contributed by atoms with Gasteiger partial charge in [0.25, 0.3) is 0 Å². The monoisotopic (exact) mass is 288 g/mol. The summed E-state index contributed by atoms with van der Waals surface area (Å²) < 4.78 is 0. The van der Waals surface area contributed by atoms with Crippen molar-refractivity contribution in [1.82, 2.24) is 10.6 Å². The molecule has 1 amide bonds. The molecule has 3 rings (SSSR count). The minimum Gasteiger partial charge on any atom is -0.393 e. The summed E-state index contributed by atoms with van der Waals surface area (Å²) in [6, 6.07) is 6.24. The number of hydrogen-bond acceptors (Lipinski definition) is 3. The van der Waals surface area contributed by atoms with Gasteiger partial charge in [0.15, 0.2) is 0 Å². The van der Waals surface area contributed by atoms with Crippen LogP contribution in [0.3, 0.4) is 0 Å². The zero-order valence-electron chi connectivity index (χ0n) is 12.4. The summed E-state index contributed by atoms with van der Waals surface area (Å²) in [5, 5.41) is 16.1. The van der Waals surface area contributed by atoms with E-state index in [-0.39, 0.29) is 17.9 Å². The molecule has 3 N–H and O–H groups in total. The lowest BCUT2D eigenvalue weighted by Gasteiger charge is -2.20. The third-order valence-corrected chi connectivity index (χ3v) is 4.77. The molecule has 114 valence electrons. The van der Waals surface area contributed by atoms with Gasteiger partial charge in [-0.2, -0.15) is 0 Å². The predicted molar refractivity (Wildman–Crippen MR) is 81.9 cm³/mol. The number of hydrogen-bond donors (Lipinski definition) is 3. The Labute approximate surface area is 125 Å². The van der Waals surface area contributed by atoms with Crippen molar-refractivity contribution < 1.29 is 9.90 Å². The fourth-order valence-electron chi connectivity index (χ4n) is 3.51. The first-order valence-electron chi connectivity index (χ1n) is 7.99. The molecule has 1 heterocycles. The highest BCUT2D eigenvalue weighted by Gasteiger charge is 2.25. The van der Waals surface area contributed by atoms with Crippen molar-refractivity contribution in [2.45, 2.75) is 44.8 Å². The highest BCUT2D eigenvalue weighted by atomic mass is 16.3. The Balaban J connectivity index is 1.57. The SMILES string of the molecule is O=C(Cc1cccc2c1CCNC2)NCC1CCCC1O. The summed E-state index contributed by atoms with van der Waals surface area (Å²) in [4.78, 5) is 12.2. The Morgan fingerprint density at radius 1 is 1.38 bits per heavy atom. The van der Waals surface area contributed by atoms with Crippen LogP contribution in [0.15, 0.2) is 18.2 Å². The predicted octanol–water partition coefficient (Wildman–Crippen LogP) is 1.15. The van der Waals surface area contributed by atoms with E-state index in [1.807, 2.05) is 6.07 Å². The molecular formula is C17H24N2O2. The molecule has 1 saturated carbocycles. The van der Waals surface area contributed by atoms with E-state index >= 15 is 0 Å². The van der Waals surface area contributed by atoms with Crippen molar-refractivity contribution in [2.24, 2.45) is 5.92 Å². The van der Waals surface area contributed by atoms with Crippen LogP contribution in [0.1, 0.15) is 36.0 Å². The second kappa shape index (κ2) is 6.58. The number of carbonyl (C=O) groups is 1. The van der Waals surface area contributed by atoms with Gasteiger partial charge in [-0.15, -0.1) is 0 Å². The normalized spacial score (nSPS) is 24.6. The van der Waals surface area contributed by atoms with Crippen LogP contribution in [0.4, 0.5) is 0 Å². The second-order valence-electron chi connectivity index (χ2n) is 6.22. The van der Waals surface area contributed by atoms with Gasteiger partial charge in [0.05, 0.1) is 12.5 Å². The lowest BCUT2D eigenvalue weighted by molar-refractivity contribution is -0.120. The molecule has 2 unspecified atom stereocenters. The topological polar surface area (TPSA) is 61.4 Å². The van der Waals surface area contributed by atoms with Crippen LogP contribution < -0.4 is 10.6 Å². The van der Waals surface area contributed by atoms with Crippen molar-refractivity contribution in [3.05, 3.63) is 34.9 Å². The highest BCUT2D eigenvalue weighted by molar-refractivity contribution is 5.79. The zero-order chi connectivity index (χ0) is 14.7. The van der Waals surface area contributed by atoms with E-state index in [2.05, 4.69) is 22.8 Å². The van der Waals surface area contributed by atoms with E-state index in [0.717, 1.165) is 44.3 Å². The number of fused-ring (bicyclic) bond motifs is 1. The first kappa shape index (κ1) is 14.5. The summed E-state index contributed by atoms with van der Waals surface area (Å²) in [5.74, 6) is 0.309. The maximum atomic E-state index is 12.2. The Hall–Kier alpha value is -1.39. The summed E-state index contributed by atoms with van der Waals surface area (Å²) in [6.07, 6.45) is 4.18. The number of carbonyl (C=O) groups excluding carboxylic acids is 1. The summed E-state index contributed by atoms with van der Waals surface area (Å²) in [5.41, 5.74) is 3.81. The van der Waals surface area contributed by atoms with Gasteiger partial charge in [-0.3, -0.25) is 4.79 Å². The molecule has 21 heavy (non-hydrogen) atoms. The van der Waals surface area contributed by atoms with Crippen LogP contribution in [0.25, 0.3) is 0 Å². The van der Waals surface area contributed by atoms with Crippen LogP contribution in [0.5, 0.6) is 0 Å². The molecule has 2 atom stereocenters. The van der Waals surface area contributed by atoms with E-state index < -0.39 is 0 Å². The Morgan fingerprint density at radius 3 is 3.10 bits per heavy atom. The van der Waals surface area contributed by atoms with E-state index in [1.54, 1.807) is 0 Å². The van der Waals surface area contributed by atoms with Crippen molar-refractivity contribution >= 4 is 5.91 Å². The van der Waals surface area contributed by atoms with Crippen LogP contribution in [0, 0.1) is 5.92 Å². The van der Waals surface area contributed by atoms with Crippen LogP contribution in [0.2, 0.25) is 0 Å².